The fourth-order valence-corrected chi connectivity index (χ4v) is 3.97. The van der Waals surface area contributed by atoms with Crippen LogP contribution in [0.3, 0.4) is 0 Å². The van der Waals surface area contributed by atoms with Gasteiger partial charge >= 0.3 is 6.18 Å². The maximum atomic E-state index is 13.9. The van der Waals surface area contributed by atoms with Crippen molar-refractivity contribution in [2.24, 2.45) is 0 Å². The van der Waals surface area contributed by atoms with Crippen molar-refractivity contribution in [3.05, 3.63) is 88.7 Å². The van der Waals surface area contributed by atoms with Gasteiger partial charge in [-0.3, -0.25) is 4.79 Å². The maximum Gasteiger partial charge on any atom is 0.433 e. The molecule has 1 atom stereocenters. The van der Waals surface area contributed by atoms with E-state index >= 15 is 0 Å². The minimum atomic E-state index is -4.68. The van der Waals surface area contributed by atoms with Crippen molar-refractivity contribution in [2.45, 2.75) is 52.3 Å². The molecule has 0 aliphatic rings. The van der Waals surface area contributed by atoms with Crippen LogP contribution in [0.2, 0.25) is 0 Å². The minimum absolute atomic E-state index is 0.0123. The van der Waals surface area contributed by atoms with Gasteiger partial charge in [-0.05, 0) is 36.5 Å². The number of nitrogens with zero attached hydrogens (tertiary/aromatic N) is 3. The van der Waals surface area contributed by atoms with Crippen LogP contribution in [-0.4, -0.2) is 20.5 Å². The lowest BCUT2D eigenvalue weighted by Crippen LogP contribution is -2.28. The van der Waals surface area contributed by atoms with E-state index in [4.69, 9.17) is 0 Å². The number of aryl methyl sites for hydroxylation is 1. The third-order valence-electron chi connectivity index (χ3n) is 6.07. The molecule has 1 amide bonds. The maximum absolute atomic E-state index is 13.9. The molecule has 0 aliphatic heterocycles. The number of aromatic nitrogens is 3. The molecule has 1 unspecified atom stereocenters. The Labute approximate surface area is 202 Å². The molecule has 0 saturated carbocycles. The average molecular weight is 481 g/mol. The van der Waals surface area contributed by atoms with Gasteiger partial charge in [0, 0.05) is 5.56 Å². The van der Waals surface area contributed by atoms with Gasteiger partial charge in [-0.25, -0.2) is 9.50 Å². The van der Waals surface area contributed by atoms with Crippen molar-refractivity contribution in [1.29, 1.82) is 0 Å². The standard InChI is InChI=1S/C27H27F3N4O/c1-5-22(19-8-6-17(4)7-9-19)33-26(35)21-15-31-34-24(27(28,29)30)14-23(32-25(21)34)20-12-10-18(11-13-20)16(2)3/h6-16,22H,5H2,1-4H3,(H,33,35). The van der Waals surface area contributed by atoms with Crippen LogP contribution in [0.25, 0.3) is 16.9 Å². The lowest BCUT2D eigenvalue weighted by Gasteiger charge is -2.17. The molecule has 0 aliphatic carbocycles. The molecule has 0 saturated heterocycles. The predicted octanol–water partition coefficient (Wildman–Crippen LogP) is 6.73. The molecule has 4 aromatic rings. The number of halogens is 3. The molecular formula is C27H27F3N4O. The zero-order chi connectivity index (χ0) is 25.3. The number of carbonyl (C=O) groups is 1. The fourth-order valence-electron chi connectivity index (χ4n) is 3.97. The summed E-state index contributed by atoms with van der Waals surface area (Å²) in [6, 6.07) is 15.7. The van der Waals surface area contributed by atoms with Crippen LogP contribution in [0, 0.1) is 6.92 Å². The van der Waals surface area contributed by atoms with Crippen LogP contribution in [0.15, 0.2) is 60.8 Å². The van der Waals surface area contributed by atoms with Gasteiger partial charge in [0.15, 0.2) is 11.3 Å². The summed E-state index contributed by atoms with van der Waals surface area (Å²) in [6.07, 6.45) is -2.93. The number of nitrogens with one attached hydrogen (secondary N) is 1. The SMILES string of the molecule is CCC(NC(=O)c1cnn2c(C(F)(F)F)cc(-c3ccc(C(C)C)cc3)nc12)c1ccc(C)cc1. The van der Waals surface area contributed by atoms with Crippen LogP contribution in [0.1, 0.15) is 71.9 Å². The number of amides is 1. The van der Waals surface area contributed by atoms with Gasteiger partial charge in [-0.1, -0.05) is 74.9 Å². The van der Waals surface area contributed by atoms with Gasteiger partial charge in [-0.2, -0.15) is 18.3 Å². The molecular weight excluding hydrogens is 453 g/mol. The van der Waals surface area contributed by atoms with E-state index in [9.17, 15) is 18.0 Å². The van der Waals surface area contributed by atoms with Crippen LogP contribution in [-0.2, 0) is 6.18 Å². The van der Waals surface area contributed by atoms with E-state index in [-0.39, 0.29) is 28.9 Å². The van der Waals surface area contributed by atoms with E-state index < -0.39 is 17.8 Å². The smallest absolute Gasteiger partial charge is 0.345 e. The number of fused-ring (bicyclic) bond motifs is 1. The molecule has 35 heavy (non-hydrogen) atoms. The third kappa shape index (κ3) is 5.06. The normalized spacial score (nSPS) is 12.8. The second-order valence-electron chi connectivity index (χ2n) is 8.94. The summed E-state index contributed by atoms with van der Waals surface area (Å²) < 4.78 is 42.5. The molecule has 2 heterocycles. The molecule has 8 heteroatoms. The molecule has 0 bridgehead atoms. The van der Waals surface area contributed by atoms with Crippen molar-refractivity contribution in [1.82, 2.24) is 19.9 Å². The third-order valence-corrected chi connectivity index (χ3v) is 6.07. The van der Waals surface area contributed by atoms with Crippen LogP contribution in [0.4, 0.5) is 13.2 Å². The van der Waals surface area contributed by atoms with Crippen molar-refractivity contribution < 1.29 is 18.0 Å². The Bertz CT molecular complexity index is 1340. The first-order valence-corrected chi connectivity index (χ1v) is 11.5. The fraction of sp³-hybridized carbons (Fsp3) is 0.296. The zero-order valence-corrected chi connectivity index (χ0v) is 20.0. The summed E-state index contributed by atoms with van der Waals surface area (Å²) >= 11 is 0. The number of alkyl halides is 3. The summed E-state index contributed by atoms with van der Waals surface area (Å²) in [6.45, 7) is 7.98. The van der Waals surface area contributed by atoms with Crippen LogP contribution >= 0.6 is 0 Å². The Morgan fingerprint density at radius 3 is 2.23 bits per heavy atom. The number of hydrogen-bond acceptors (Lipinski definition) is 3. The van der Waals surface area contributed by atoms with Crippen LogP contribution in [0.5, 0.6) is 0 Å². The summed E-state index contributed by atoms with van der Waals surface area (Å²) in [5.74, 6) is -0.240. The predicted molar refractivity (Wildman–Crippen MR) is 129 cm³/mol. The van der Waals surface area contributed by atoms with E-state index in [2.05, 4.69) is 15.4 Å². The minimum Gasteiger partial charge on any atom is -0.345 e. The molecule has 4 rings (SSSR count). The number of hydrogen-bond donors (Lipinski definition) is 1. The first-order valence-electron chi connectivity index (χ1n) is 11.5. The number of rotatable bonds is 6. The second kappa shape index (κ2) is 9.52. The summed E-state index contributed by atoms with van der Waals surface area (Å²) in [7, 11) is 0. The highest BCUT2D eigenvalue weighted by atomic mass is 19.4. The zero-order valence-electron chi connectivity index (χ0n) is 20.0. The van der Waals surface area contributed by atoms with Crippen LogP contribution < -0.4 is 5.32 Å². The van der Waals surface area contributed by atoms with Gasteiger partial charge in [0.1, 0.15) is 5.56 Å². The van der Waals surface area contributed by atoms with Crippen molar-refractivity contribution in [2.75, 3.05) is 0 Å². The number of benzene rings is 2. The number of carbonyl (C=O) groups excluding carboxylic acids is 1. The lowest BCUT2D eigenvalue weighted by molar-refractivity contribution is -0.142. The van der Waals surface area contributed by atoms with E-state index in [0.29, 0.717) is 16.5 Å². The van der Waals surface area contributed by atoms with E-state index in [1.165, 1.54) is 0 Å². The Balaban J connectivity index is 1.76. The first-order chi connectivity index (χ1) is 16.6. The molecule has 5 nitrogen and oxygen atoms in total. The monoisotopic (exact) mass is 480 g/mol. The lowest BCUT2D eigenvalue weighted by atomic mass is 10.0. The van der Waals surface area contributed by atoms with Gasteiger partial charge < -0.3 is 5.32 Å². The summed E-state index contributed by atoms with van der Waals surface area (Å²) in [4.78, 5) is 17.6. The van der Waals surface area contributed by atoms with Gasteiger partial charge in [0.05, 0.1) is 17.9 Å². The van der Waals surface area contributed by atoms with E-state index in [1.54, 1.807) is 12.1 Å². The van der Waals surface area contributed by atoms with E-state index in [0.717, 1.165) is 29.0 Å². The Morgan fingerprint density at radius 1 is 1.03 bits per heavy atom. The molecule has 0 fully saturated rings. The molecule has 2 aromatic carbocycles. The Morgan fingerprint density at radius 2 is 1.66 bits per heavy atom. The van der Waals surface area contributed by atoms with Gasteiger partial charge in [0.2, 0.25) is 0 Å². The molecule has 1 N–H and O–H groups in total. The average Bonchev–Trinajstić information content (AvgIpc) is 3.26. The van der Waals surface area contributed by atoms with Crippen molar-refractivity contribution in [3.63, 3.8) is 0 Å². The highest BCUT2D eigenvalue weighted by molar-refractivity contribution is 6.00. The highest BCUT2D eigenvalue weighted by Crippen LogP contribution is 2.33. The Hall–Kier alpha value is -3.68. The highest BCUT2D eigenvalue weighted by Gasteiger charge is 2.36. The summed E-state index contributed by atoms with van der Waals surface area (Å²) in [5.41, 5.74) is 2.59. The molecule has 2 aromatic heterocycles. The summed E-state index contributed by atoms with van der Waals surface area (Å²) in [5, 5.41) is 6.79. The molecule has 0 radical (unpaired) electrons. The van der Waals surface area contributed by atoms with Crippen molar-refractivity contribution >= 4 is 11.6 Å². The molecule has 182 valence electrons. The first kappa shape index (κ1) is 24.4. The largest absolute Gasteiger partial charge is 0.433 e. The quantitative estimate of drug-likeness (QED) is 0.333. The van der Waals surface area contributed by atoms with Gasteiger partial charge in [-0.15, -0.1) is 0 Å². The Kier molecular flexibility index (Phi) is 6.65. The van der Waals surface area contributed by atoms with Crippen molar-refractivity contribution in [3.8, 4) is 11.3 Å². The molecule has 0 spiro atoms. The van der Waals surface area contributed by atoms with E-state index in [1.807, 2.05) is 64.1 Å². The van der Waals surface area contributed by atoms with Gasteiger partial charge in [0.25, 0.3) is 5.91 Å². The second-order valence-corrected chi connectivity index (χ2v) is 8.94. The topological polar surface area (TPSA) is 59.3 Å².